The predicted octanol–water partition coefficient (Wildman–Crippen LogP) is 2.30. The van der Waals surface area contributed by atoms with Crippen LogP contribution in [0.15, 0.2) is 48.8 Å². The van der Waals surface area contributed by atoms with Gasteiger partial charge in [0.2, 0.25) is 12.7 Å². The topological polar surface area (TPSA) is 108 Å². The first-order chi connectivity index (χ1) is 13.1. The van der Waals surface area contributed by atoms with E-state index in [1.54, 1.807) is 0 Å². The van der Waals surface area contributed by atoms with Crippen molar-refractivity contribution in [3.63, 3.8) is 0 Å². The molecule has 0 bridgehead atoms. The Morgan fingerprint density at radius 1 is 1.33 bits per heavy atom. The van der Waals surface area contributed by atoms with Crippen LogP contribution in [0, 0.1) is 10.1 Å². The summed E-state index contributed by atoms with van der Waals surface area (Å²) in [6, 6.07) is 8.40. The van der Waals surface area contributed by atoms with Crippen molar-refractivity contribution in [2.75, 3.05) is 6.79 Å². The molecule has 1 aliphatic heterocycles. The number of pyridine rings is 1. The first-order valence-corrected chi connectivity index (χ1v) is 8.07. The quantitative estimate of drug-likeness (QED) is 0.422. The van der Waals surface area contributed by atoms with Crippen LogP contribution in [0.4, 0.5) is 5.69 Å². The summed E-state index contributed by atoms with van der Waals surface area (Å²) in [5, 5.41) is 13.9. The molecule has 3 aromatic rings. The monoisotopic (exact) mass is 366 g/mol. The summed E-state index contributed by atoms with van der Waals surface area (Å²) in [5.41, 5.74) is 1.58. The van der Waals surface area contributed by atoms with E-state index in [2.05, 4.69) is 10.3 Å². The van der Waals surface area contributed by atoms with E-state index in [-0.39, 0.29) is 30.5 Å². The number of hydrogen-bond acceptors (Lipinski definition) is 6. The summed E-state index contributed by atoms with van der Waals surface area (Å²) in [4.78, 5) is 27.1. The molecule has 0 radical (unpaired) electrons. The molecule has 136 valence electrons. The third kappa shape index (κ3) is 3.43. The van der Waals surface area contributed by atoms with E-state index in [0.29, 0.717) is 17.2 Å². The van der Waals surface area contributed by atoms with E-state index < -0.39 is 4.92 Å². The van der Waals surface area contributed by atoms with Crippen LogP contribution in [-0.2, 0) is 11.3 Å². The lowest BCUT2D eigenvalue weighted by Gasteiger charge is -2.01. The third-order valence-corrected chi connectivity index (χ3v) is 3.99. The molecule has 4 rings (SSSR count). The van der Waals surface area contributed by atoms with Crippen molar-refractivity contribution in [3.05, 3.63) is 70.2 Å². The van der Waals surface area contributed by atoms with Crippen molar-refractivity contribution in [1.82, 2.24) is 14.7 Å². The number of carbonyl (C=O) groups excluding carboxylic acids is 1. The van der Waals surface area contributed by atoms with Gasteiger partial charge in [-0.15, -0.1) is 0 Å². The van der Waals surface area contributed by atoms with E-state index in [9.17, 15) is 14.9 Å². The Morgan fingerprint density at radius 2 is 2.15 bits per heavy atom. The van der Waals surface area contributed by atoms with Crippen LogP contribution in [-0.4, -0.2) is 27.0 Å². The van der Waals surface area contributed by atoms with Crippen molar-refractivity contribution in [2.24, 2.45) is 0 Å². The van der Waals surface area contributed by atoms with E-state index >= 15 is 0 Å². The number of nitrogens with one attached hydrogen (secondary N) is 1. The van der Waals surface area contributed by atoms with Crippen LogP contribution in [0.3, 0.4) is 0 Å². The summed E-state index contributed by atoms with van der Waals surface area (Å²) >= 11 is 0. The SMILES string of the molecule is O=C(/C=C/c1cc2c(cc1[N+](=O)[O-])OCO2)NCc1cn2ccccc2n1. The number of nitro benzene ring substituents is 1. The Hall–Kier alpha value is -3.88. The zero-order chi connectivity index (χ0) is 18.8. The normalized spacial score (nSPS) is 12.6. The molecule has 1 aliphatic rings. The summed E-state index contributed by atoms with van der Waals surface area (Å²) in [7, 11) is 0. The van der Waals surface area contributed by atoms with Gasteiger partial charge in [-0.25, -0.2) is 4.98 Å². The number of benzene rings is 1. The highest BCUT2D eigenvalue weighted by molar-refractivity contribution is 5.92. The number of aromatic nitrogens is 2. The van der Waals surface area contributed by atoms with Crippen molar-refractivity contribution < 1.29 is 19.2 Å². The van der Waals surface area contributed by atoms with E-state index in [4.69, 9.17) is 9.47 Å². The number of amides is 1. The highest BCUT2D eigenvalue weighted by atomic mass is 16.7. The van der Waals surface area contributed by atoms with Crippen molar-refractivity contribution in [1.29, 1.82) is 0 Å². The molecule has 27 heavy (non-hydrogen) atoms. The Bertz CT molecular complexity index is 1040. The molecule has 1 N–H and O–H groups in total. The summed E-state index contributed by atoms with van der Waals surface area (Å²) < 4.78 is 12.2. The maximum absolute atomic E-state index is 12.1. The fraction of sp³-hybridized carbons (Fsp3) is 0.111. The van der Waals surface area contributed by atoms with Gasteiger partial charge in [-0.3, -0.25) is 14.9 Å². The first kappa shape index (κ1) is 16.6. The van der Waals surface area contributed by atoms with Crippen LogP contribution < -0.4 is 14.8 Å². The molecule has 0 unspecified atom stereocenters. The molecule has 1 amide bonds. The van der Waals surface area contributed by atoms with Gasteiger partial charge in [-0.1, -0.05) is 6.07 Å². The molecule has 1 aromatic carbocycles. The van der Waals surface area contributed by atoms with Gasteiger partial charge in [0, 0.05) is 18.5 Å². The van der Waals surface area contributed by atoms with Crippen LogP contribution in [0.25, 0.3) is 11.7 Å². The molecule has 9 nitrogen and oxygen atoms in total. The van der Waals surface area contributed by atoms with Gasteiger partial charge in [-0.2, -0.15) is 0 Å². The highest BCUT2D eigenvalue weighted by Gasteiger charge is 2.22. The average Bonchev–Trinajstić information content (AvgIpc) is 3.29. The minimum absolute atomic E-state index is 0.0130. The van der Waals surface area contributed by atoms with Gasteiger partial charge in [0.15, 0.2) is 11.5 Å². The summed E-state index contributed by atoms with van der Waals surface area (Å²) in [6.45, 7) is 0.257. The van der Waals surface area contributed by atoms with Crippen LogP contribution in [0.1, 0.15) is 11.3 Å². The fourth-order valence-corrected chi connectivity index (χ4v) is 2.71. The van der Waals surface area contributed by atoms with E-state index in [0.717, 1.165) is 5.65 Å². The first-order valence-electron chi connectivity index (χ1n) is 8.07. The number of ether oxygens (including phenoxy) is 2. The lowest BCUT2D eigenvalue weighted by Crippen LogP contribution is -2.20. The Labute approximate surface area is 153 Å². The van der Waals surface area contributed by atoms with Crippen LogP contribution in [0.2, 0.25) is 0 Å². The lowest BCUT2D eigenvalue weighted by molar-refractivity contribution is -0.385. The minimum atomic E-state index is -0.532. The number of rotatable bonds is 5. The number of hydrogen-bond donors (Lipinski definition) is 1. The molecule has 0 saturated carbocycles. The maximum Gasteiger partial charge on any atom is 0.280 e. The molecule has 9 heteroatoms. The Balaban J connectivity index is 1.46. The molecular weight excluding hydrogens is 352 g/mol. The number of nitro groups is 1. The number of nitrogens with zero attached hydrogens (tertiary/aromatic N) is 3. The second-order valence-electron chi connectivity index (χ2n) is 5.77. The summed E-state index contributed by atoms with van der Waals surface area (Å²) in [6.07, 6.45) is 6.30. The molecule has 3 heterocycles. The fourth-order valence-electron chi connectivity index (χ4n) is 2.71. The molecule has 0 fully saturated rings. The van der Waals surface area contributed by atoms with E-state index in [1.165, 1.54) is 24.3 Å². The van der Waals surface area contributed by atoms with Crippen LogP contribution in [0.5, 0.6) is 11.5 Å². The Morgan fingerprint density at radius 3 is 2.93 bits per heavy atom. The van der Waals surface area contributed by atoms with Gasteiger partial charge in [0.1, 0.15) is 5.65 Å². The standard InChI is InChI=1S/C18H14N4O5/c23-18(19-9-13-10-21-6-2-1-3-17(21)20-13)5-4-12-7-15-16(27-11-26-15)8-14(12)22(24)25/h1-8,10H,9,11H2,(H,19,23)/b5-4+. The minimum Gasteiger partial charge on any atom is -0.454 e. The zero-order valence-corrected chi connectivity index (χ0v) is 14.0. The smallest absolute Gasteiger partial charge is 0.280 e. The Kier molecular flexibility index (Phi) is 4.17. The number of fused-ring (bicyclic) bond motifs is 2. The average molecular weight is 366 g/mol. The predicted molar refractivity (Wildman–Crippen MR) is 95.3 cm³/mol. The van der Waals surface area contributed by atoms with Gasteiger partial charge < -0.3 is 19.2 Å². The van der Waals surface area contributed by atoms with Gasteiger partial charge in [0.25, 0.3) is 5.69 Å². The van der Waals surface area contributed by atoms with Crippen molar-refractivity contribution in [2.45, 2.75) is 6.54 Å². The van der Waals surface area contributed by atoms with Crippen molar-refractivity contribution >= 4 is 23.3 Å². The van der Waals surface area contributed by atoms with Gasteiger partial charge in [0.05, 0.1) is 28.8 Å². The molecule has 0 atom stereocenters. The third-order valence-electron chi connectivity index (χ3n) is 3.99. The second-order valence-corrected chi connectivity index (χ2v) is 5.77. The zero-order valence-electron chi connectivity index (χ0n) is 14.0. The van der Waals surface area contributed by atoms with E-state index in [1.807, 2.05) is 35.0 Å². The maximum atomic E-state index is 12.1. The van der Waals surface area contributed by atoms with Crippen molar-refractivity contribution in [3.8, 4) is 11.5 Å². The molecule has 0 spiro atoms. The van der Waals surface area contributed by atoms with Gasteiger partial charge >= 0.3 is 0 Å². The molecular formula is C18H14N4O5. The number of carbonyl (C=O) groups is 1. The second kappa shape index (κ2) is 6.79. The molecule has 0 aliphatic carbocycles. The largest absolute Gasteiger partial charge is 0.454 e. The van der Waals surface area contributed by atoms with Crippen LogP contribution >= 0.6 is 0 Å². The highest BCUT2D eigenvalue weighted by Crippen LogP contribution is 2.38. The van der Waals surface area contributed by atoms with Gasteiger partial charge in [-0.05, 0) is 24.3 Å². The number of imidazole rings is 1. The summed E-state index contributed by atoms with van der Waals surface area (Å²) in [5.74, 6) is 0.333. The lowest BCUT2D eigenvalue weighted by atomic mass is 10.1. The molecule has 2 aromatic heterocycles. The molecule has 0 saturated heterocycles.